The summed E-state index contributed by atoms with van der Waals surface area (Å²) in [4.78, 5) is 82.8. The van der Waals surface area contributed by atoms with Crippen molar-refractivity contribution in [3.63, 3.8) is 0 Å². The summed E-state index contributed by atoms with van der Waals surface area (Å²) >= 11 is 0. The minimum absolute atomic E-state index is 0.108. The SMILES string of the molecule is CC[C@@H]1NC(=O)[C@@H](NC(=O)COc2ccc(-n3cnnn3)cc2)CCCCNC(=O)[C@@H]2CCCN2C(=O)[C@@H](Cc2ccccc2)NC(=O)[C@H]([C@@H](C)O)NC1=O. The summed E-state index contributed by atoms with van der Waals surface area (Å²) in [5.74, 6) is -3.18. The molecule has 0 spiro atoms. The zero-order valence-electron chi connectivity index (χ0n) is 30.8. The first-order valence-electron chi connectivity index (χ1n) is 18.5. The summed E-state index contributed by atoms with van der Waals surface area (Å²) < 4.78 is 7.09. The number of benzene rings is 2. The van der Waals surface area contributed by atoms with E-state index in [0.717, 1.165) is 5.56 Å². The molecule has 294 valence electrons. The van der Waals surface area contributed by atoms with Gasteiger partial charge < -0.3 is 41.3 Å². The lowest BCUT2D eigenvalue weighted by molar-refractivity contribution is -0.142. The minimum atomic E-state index is -1.49. The lowest BCUT2D eigenvalue weighted by Gasteiger charge is -2.30. The highest BCUT2D eigenvalue weighted by Gasteiger charge is 2.39. The minimum Gasteiger partial charge on any atom is -0.484 e. The van der Waals surface area contributed by atoms with Crippen molar-refractivity contribution in [2.45, 2.75) is 95.1 Å². The van der Waals surface area contributed by atoms with Crippen molar-refractivity contribution in [2.75, 3.05) is 19.7 Å². The van der Waals surface area contributed by atoms with Gasteiger partial charge in [-0.1, -0.05) is 37.3 Å². The number of tetrazole rings is 1. The molecule has 2 saturated heterocycles. The molecule has 55 heavy (non-hydrogen) atoms. The average molecular weight is 761 g/mol. The molecule has 2 aliphatic heterocycles. The van der Waals surface area contributed by atoms with Gasteiger partial charge in [0.1, 0.15) is 42.3 Å². The number of aromatic nitrogens is 4. The lowest BCUT2D eigenvalue weighted by atomic mass is 10.0. The van der Waals surface area contributed by atoms with Gasteiger partial charge in [0.25, 0.3) is 5.91 Å². The van der Waals surface area contributed by atoms with Crippen LogP contribution in [0.4, 0.5) is 0 Å². The first-order valence-corrected chi connectivity index (χ1v) is 18.5. The van der Waals surface area contributed by atoms with Crippen LogP contribution in [-0.2, 0) is 35.2 Å². The smallest absolute Gasteiger partial charge is 0.258 e. The maximum Gasteiger partial charge on any atom is 0.258 e. The standard InChI is InChI=1S/C37H48N10O8/c1-3-27-33(50)43-32(23(2)48)36(53)42-29(20-24-10-5-4-6-11-24)37(54)46-19-9-13-30(46)35(52)38-18-8-7-12-28(34(51)41-27)40-31(49)21-55-26-16-14-25(15-17-26)47-22-39-44-45-47/h4-6,10-11,14-17,22-23,27-30,32,48H,3,7-9,12-13,18-21H2,1-2H3,(H,38,52)(H,40,49)(H,41,51)(H,42,53)(H,43,50)/t23-,27+,28+,29-,30+,32+/m1/s1. The number of ether oxygens (including phenoxy) is 1. The lowest BCUT2D eigenvalue weighted by Crippen LogP contribution is -2.61. The molecule has 3 heterocycles. The summed E-state index contributed by atoms with van der Waals surface area (Å²) in [7, 11) is 0. The highest BCUT2D eigenvalue weighted by molar-refractivity contribution is 5.97. The Morgan fingerprint density at radius 1 is 0.909 bits per heavy atom. The van der Waals surface area contributed by atoms with E-state index >= 15 is 0 Å². The van der Waals surface area contributed by atoms with Crippen molar-refractivity contribution in [1.82, 2.24) is 51.7 Å². The molecule has 6 amide bonds. The van der Waals surface area contributed by atoms with Crippen LogP contribution >= 0.6 is 0 Å². The Kier molecular flexibility index (Phi) is 14.2. The van der Waals surface area contributed by atoms with E-state index in [1.807, 2.05) is 18.2 Å². The van der Waals surface area contributed by atoms with Crippen molar-refractivity contribution >= 4 is 35.4 Å². The summed E-state index contributed by atoms with van der Waals surface area (Å²) in [5.41, 5.74) is 1.44. The zero-order valence-corrected chi connectivity index (χ0v) is 30.8. The van der Waals surface area contributed by atoms with E-state index in [4.69, 9.17) is 4.74 Å². The van der Waals surface area contributed by atoms with Gasteiger partial charge in [-0.2, -0.15) is 0 Å². The van der Waals surface area contributed by atoms with Gasteiger partial charge in [-0.25, -0.2) is 4.68 Å². The molecule has 2 aliphatic rings. The van der Waals surface area contributed by atoms with Crippen LogP contribution in [0.3, 0.4) is 0 Å². The summed E-state index contributed by atoms with van der Waals surface area (Å²) in [6, 6.07) is 10.2. The predicted molar refractivity (Wildman–Crippen MR) is 196 cm³/mol. The van der Waals surface area contributed by atoms with Crippen LogP contribution in [0.15, 0.2) is 60.9 Å². The average Bonchev–Trinajstić information content (AvgIpc) is 3.91. The maximum atomic E-state index is 14.0. The van der Waals surface area contributed by atoms with E-state index in [0.29, 0.717) is 43.7 Å². The fourth-order valence-corrected chi connectivity index (χ4v) is 6.53. The van der Waals surface area contributed by atoms with E-state index < -0.39 is 72.5 Å². The van der Waals surface area contributed by atoms with Crippen LogP contribution in [0.25, 0.3) is 5.69 Å². The molecule has 0 bridgehead atoms. The van der Waals surface area contributed by atoms with Crippen molar-refractivity contribution < 1.29 is 38.6 Å². The van der Waals surface area contributed by atoms with Crippen LogP contribution < -0.4 is 31.3 Å². The first-order chi connectivity index (χ1) is 26.5. The number of carbonyl (C=O) groups excluding carboxylic acids is 6. The number of nitrogens with one attached hydrogen (secondary N) is 5. The zero-order chi connectivity index (χ0) is 39.3. The molecular weight excluding hydrogens is 712 g/mol. The molecule has 0 aliphatic carbocycles. The third kappa shape index (κ3) is 11.1. The second-order valence-corrected chi connectivity index (χ2v) is 13.6. The van der Waals surface area contributed by atoms with Crippen LogP contribution in [0.2, 0.25) is 0 Å². The van der Waals surface area contributed by atoms with Gasteiger partial charge in [0.15, 0.2) is 6.61 Å². The number of hydrogen-bond donors (Lipinski definition) is 6. The molecule has 0 saturated carbocycles. The first kappa shape index (κ1) is 40.3. The third-order valence-corrected chi connectivity index (χ3v) is 9.53. The normalized spacial score (nSPS) is 23.8. The van der Waals surface area contributed by atoms with E-state index in [9.17, 15) is 33.9 Å². The summed E-state index contributed by atoms with van der Waals surface area (Å²) in [5, 5.41) is 35.2. The molecule has 2 aromatic carbocycles. The predicted octanol–water partition coefficient (Wildman–Crippen LogP) is -0.695. The van der Waals surface area contributed by atoms with Crippen molar-refractivity contribution in [2.24, 2.45) is 0 Å². The number of aliphatic hydroxyl groups is 1. The Bertz CT molecular complexity index is 1770. The number of rotatable bonds is 9. The van der Waals surface area contributed by atoms with E-state index in [1.165, 1.54) is 22.8 Å². The van der Waals surface area contributed by atoms with Gasteiger partial charge in [0.2, 0.25) is 29.5 Å². The monoisotopic (exact) mass is 760 g/mol. The molecule has 2 fully saturated rings. The van der Waals surface area contributed by atoms with E-state index in [1.54, 1.807) is 43.3 Å². The molecule has 6 atom stereocenters. The fraction of sp³-hybridized carbons (Fsp3) is 0.486. The molecule has 0 unspecified atom stereocenters. The van der Waals surface area contributed by atoms with Gasteiger partial charge in [-0.05, 0) is 85.7 Å². The molecule has 18 heteroatoms. The van der Waals surface area contributed by atoms with Crippen LogP contribution in [0, 0.1) is 0 Å². The molecule has 18 nitrogen and oxygen atoms in total. The number of aliphatic hydroxyl groups excluding tert-OH is 1. The van der Waals surface area contributed by atoms with Crippen LogP contribution in [-0.4, -0.2) is 122 Å². The second kappa shape index (κ2) is 19.4. The molecular formula is C37H48N10O8. The Morgan fingerprint density at radius 3 is 2.35 bits per heavy atom. The Morgan fingerprint density at radius 2 is 1.65 bits per heavy atom. The largest absolute Gasteiger partial charge is 0.484 e. The van der Waals surface area contributed by atoms with E-state index in [2.05, 4.69) is 42.1 Å². The number of hydrogen-bond acceptors (Lipinski definition) is 11. The van der Waals surface area contributed by atoms with Crippen LogP contribution in [0.1, 0.15) is 57.9 Å². The maximum absolute atomic E-state index is 14.0. The second-order valence-electron chi connectivity index (χ2n) is 13.6. The molecule has 0 radical (unpaired) electrons. The Balaban J connectivity index is 1.31. The number of carbonyl (C=O) groups is 6. The van der Waals surface area contributed by atoms with Crippen molar-refractivity contribution in [1.29, 1.82) is 0 Å². The molecule has 6 N–H and O–H groups in total. The fourth-order valence-electron chi connectivity index (χ4n) is 6.53. The van der Waals surface area contributed by atoms with Gasteiger partial charge in [0.05, 0.1) is 11.8 Å². The molecule has 1 aromatic heterocycles. The summed E-state index contributed by atoms with van der Waals surface area (Å²) in [6.45, 7) is 3.15. The van der Waals surface area contributed by atoms with Crippen LogP contribution in [0.5, 0.6) is 5.75 Å². The highest BCUT2D eigenvalue weighted by Crippen LogP contribution is 2.20. The van der Waals surface area contributed by atoms with Crippen molar-refractivity contribution in [3.05, 3.63) is 66.5 Å². The highest BCUT2D eigenvalue weighted by atomic mass is 16.5. The van der Waals surface area contributed by atoms with Gasteiger partial charge in [-0.3, -0.25) is 28.8 Å². The summed E-state index contributed by atoms with van der Waals surface area (Å²) in [6.07, 6.45) is 2.34. The van der Waals surface area contributed by atoms with Gasteiger partial charge in [0, 0.05) is 19.5 Å². The quantitative estimate of drug-likeness (QED) is 0.160. The number of amides is 6. The molecule has 3 aromatic rings. The van der Waals surface area contributed by atoms with Crippen molar-refractivity contribution in [3.8, 4) is 11.4 Å². The van der Waals surface area contributed by atoms with Gasteiger partial charge >= 0.3 is 0 Å². The Hall–Kier alpha value is -5.91. The third-order valence-electron chi connectivity index (χ3n) is 9.53. The van der Waals surface area contributed by atoms with Gasteiger partial charge in [-0.15, -0.1) is 5.10 Å². The topological polar surface area (TPSA) is 239 Å². The number of nitrogens with zero attached hydrogens (tertiary/aromatic N) is 5. The number of fused-ring (bicyclic) bond motifs is 1. The Labute approximate surface area is 318 Å². The van der Waals surface area contributed by atoms with E-state index in [-0.39, 0.29) is 31.7 Å². The molecule has 5 rings (SSSR count).